The smallest absolute Gasteiger partial charge is 0.315 e. The summed E-state index contributed by atoms with van der Waals surface area (Å²) in [7, 11) is 0. The Morgan fingerprint density at radius 1 is 1.05 bits per heavy atom. The number of halogens is 1. The molecule has 0 aliphatic heterocycles. The predicted molar refractivity (Wildman–Crippen MR) is 143 cm³/mol. The first-order valence-corrected chi connectivity index (χ1v) is 12.4. The van der Waals surface area contributed by atoms with Gasteiger partial charge in [0.25, 0.3) is 0 Å². The van der Waals surface area contributed by atoms with Crippen LogP contribution in [-0.2, 0) is 5.41 Å². The zero-order valence-corrected chi connectivity index (χ0v) is 22.6. The van der Waals surface area contributed by atoms with E-state index in [0.29, 0.717) is 23.1 Å². The van der Waals surface area contributed by atoms with E-state index in [1.165, 1.54) is 6.33 Å². The van der Waals surface area contributed by atoms with Crippen molar-refractivity contribution in [3.05, 3.63) is 77.1 Å². The highest BCUT2D eigenvalue weighted by molar-refractivity contribution is 5.89. The van der Waals surface area contributed by atoms with Crippen molar-refractivity contribution in [1.82, 2.24) is 30.4 Å². The molecule has 1 atom stereocenters. The number of nitrogens with zero attached hydrogens (tertiary/aromatic N) is 5. The molecule has 9 nitrogen and oxygen atoms in total. The van der Waals surface area contributed by atoms with Gasteiger partial charge in [-0.25, -0.2) is 19.3 Å². The number of carbonyl (C=O) groups excluding carboxylic acids is 1. The van der Waals surface area contributed by atoms with E-state index in [4.69, 9.17) is 4.52 Å². The minimum absolute atomic E-state index is 0.0383. The number of carbonyl (C=O) groups is 1. The number of benzene rings is 1. The maximum absolute atomic E-state index is 15.4. The quantitative estimate of drug-likeness (QED) is 0.305. The van der Waals surface area contributed by atoms with Crippen molar-refractivity contribution in [1.29, 1.82) is 0 Å². The van der Waals surface area contributed by atoms with Gasteiger partial charge in [-0.1, -0.05) is 58.0 Å². The molecule has 1 amide bonds. The SMILES string of the molecule is Cc1cc(-c2ncnc(Nc3ccc(C(C)C)cn3)c2F)ccc1[C@@H](C)NC(=O)c1nc(C(C)(C)C)no1. The molecule has 0 saturated heterocycles. The van der Waals surface area contributed by atoms with Crippen LogP contribution in [0.5, 0.6) is 0 Å². The average molecular weight is 518 g/mol. The molecule has 3 heterocycles. The van der Waals surface area contributed by atoms with Crippen LogP contribution in [0, 0.1) is 12.7 Å². The third-order valence-corrected chi connectivity index (χ3v) is 6.14. The van der Waals surface area contributed by atoms with Crippen molar-refractivity contribution >= 4 is 17.5 Å². The molecule has 0 aliphatic rings. The molecule has 0 aliphatic carbocycles. The van der Waals surface area contributed by atoms with E-state index in [-0.39, 0.29) is 28.9 Å². The number of hydrogen-bond acceptors (Lipinski definition) is 8. The Bertz CT molecular complexity index is 1440. The van der Waals surface area contributed by atoms with Crippen LogP contribution in [0.15, 0.2) is 47.4 Å². The maximum atomic E-state index is 15.4. The molecule has 38 heavy (non-hydrogen) atoms. The Hall–Kier alpha value is -4.21. The first-order chi connectivity index (χ1) is 17.9. The molecule has 0 saturated carbocycles. The van der Waals surface area contributed by atoms with Crippen LogP contribution in [0.3, 0.4) is 0 Å². The number of rotatable bonds is 7. The van der Waals surface area contributed by atoms with Crippen LogP contribution >= 0.6 is 0 Å². The van der Waals surface area contributed by atoms with Gasteiger partial charge in [0.05, 0.1) is 6.04 Å². The standard InChI is InChI=1S/C28H32FN7O2/c1-15(2)19-9-11-21(30-13-19)34-24-22(29)23(31-14-32-24)18-8-10-20(16(3)12-18)17(4)33-25(37)26-35-27(36-38-26)28(5,6)7/h8-15,17H,1-7H3,(H,33,37)(H,30,31,32,34)/t17-/m1/s1. The van der Waals surface area contributed by atoms with Crippen molar-refractivity contribution in [2.45, 2.75) is 65.8 Å². The summed E-state index contributed by atoms with van der Waals surface area (Å²) in [6, 6.07) is 8.82. The number of anilines is 2. The lowest BCUT2D eigenvalue weighted by Crippen LogP contribution is -2.27. The predicted octanol–water partition coefficient (Wildman–Crippen LogP) is 6.02. The summed E-state index contributed by atoms with van der Waals surface area (Å²) in [6.07, 6.45) is 3.07. The summed E-state index contributed by atoms with van der Waals surface area (Å²) in [5, 5.41) is 9.72. The lowest BCUT2D eigenvalue weighted by Gasteiger charge is -2.17. The Balaban J connectivity index is 1.51. The zero-order valence-electron chi connectivity index (χ0n) is 22.6. The van der Waals surface area contributed by atoms with Gasteiger partial charge in [-0.05, 0) is 48.6 Å². The summed E-state index contributed by atoms with van der Waals surface area (Å²) in [6.45, 7) is 13.7. The number of nitrogens with one attached hydrogen (secondary N) is 2. The van der Waals surface area contributed by atoms with Gasteiger partial charge in [-0.15, -0.1) is 0 Å². The fourth-order valence-corrected chi connectivity index (χ4v) is 3.87. The fraction of sp³-hybridized carbons (Fsp3) is 0.357. The Labute approximate surface area is 221 Å². The third kappa shape index (κ3) is 5.85. The average Bonchev–Trinajstić information content (AvgIpc) is 3.37. The van der Waals surface area contributed by atoms with Crippen LogP contribution in [0.25, 0.3) is 11.3 Å². The second kappa shape index (κ2) is 10.6. The molecule has 0 radical (unpaired) electrons. The zero-order chi connectivity index (χ0) is 27.6. The Morgan fingerprint density at radius 3 is 2.42 bits per heavy atom. The van der Waals surface area contributed by atoms with Gasteiger partial charge in [-0.2, -0.15) is 4.98 Å². The molecular formula is C28H32FN7O2. The molecule has 2 N–H and O–H groups in total. The first kappa shape index (κ1) is 26.8. The molecule has 0 fully saturated rings. The molecule has 0 unspecified atom stereocenters. The normalized spacial score (nSPS) is 12.4. The van der Waals surface area contributed by atoms with E-state index in [1.54, 1.807) is 18.3 Å². The maximum Gasteiger partial charge on any atom is 0.315 e. The van der Waals surface area contributed by atoms with Crippen molar-refractivity contribution in [2.75, 3.05) is 5.32 Å². The molecule has 0 bridgehead atoms. The van der Waals surface area contributed by atoms with E-state index < -0.39 is 11.7 Å². The van der Waals surface area contributed by atoms with Crippen molar-refractivity contribution in [3.8, 4) is 11.3 Å². The van der Waals surface area contributed by atoms with Gasteiger partial charge in [-0.3, -0.25) is 4.79 Å². The fourth-order valence-electron chi connectivity index (χ4n) is 3.87. The van der Waals surface area contributed by atoms with Gasteiger partial charge < -0.3 is 15.2 Å². The summed E-state index contributed by atoms with van der Waals surface area (Å²) in [4.78, 5) is 29.5. The highest BCUT2D eigenvalue weighted by Gasteiger charge is 2.25. The van der Waals surface area contributed by atoms with Crippen LogP contribution in [0.1, 0.15) is 86.7 Å². The Kier molecular flexibility index (Phi) is 7.52. The number of pyridine rings is 1. The van der Waals surface area contributed by atoms with Crippen molar-refractivity contribution < 1.29 is 13.7 Å². The minimum Gasteiger partial charge on any atom is -0.341 e. The monoisotopic (exact) mass is 517 g/mol. The molecule has 4 rings (SSSR count). The molecule has 0 spiro atoms. The number of amides is 1. The van der Waals surface area contributed by atoms with Gasteiger partial charge in [0.15, 0.2) is 17.5 Å². The van der Waals surface area contributed by atoms with Gasteiger partial charge >= 0.3 is 11.8 Å². The lowest BCUT2D eigenvalue weighted by atomic mass is 9.96. The van der Waals surface area contributed by atoms with E-state index in [9.17, 15) is 4.79 Å². The van der Waals surface area contributed by atoms with Gasteiger partial charge in [0.2, 0.25) is 0 Å². The van der Waals surface area contributed by atoms with Crippen LogP contribution < -0.4 is 10.6 Å². The largest absolute Gasteiger partial charge is 0.341 e. The van der Waals surface area contributed by atoms with Crippen molar-refractivity contribution in [2.24, 2.45) is 0 Å². The summed E-state index contributed by atoms with van der Waals surface area (Å²) in [5.41, 5.74) is 3.22. The second-order valence-corrected chi connectivity index (χ2v) is 10.6. The minimum atomic E-state index is -0.582. The topological polar surface area (TPSA) is 119 Å². The summed E-state index contributed by atoms with van der Waals surface area (Å²) in [5.74, 6) is 0.202. The van der Waals surface area contributed by atoms with E-state index >= 15 is 4.39 Å². The molecule has 4 aromatic rings. The highest BCUT2D eigenvalue weighted by atomic mass is 19.1. The Morgan fingerprint density at radius 2 is 1.82 bits per heavy atom. The van der Waals surface area contributed by atoms with E-state index in [2.05, 4.69) is 49.6 Å². The second-order valence-electron chi connectivity index (χ2n) is 10.6. The van der Waals surface area contributed by atoms with Gasteiger partial charge in [0, 0.05) is 17.2 Å². The van der Waals surface area contributed by atoms with E-state index in [1.807, 2.05) is 52.8 Å². The van der Waals surface area contributed by atoms with Crippen LogP contribution in [-0.4, -0.2) is 31.0 Å². The van der Waals surface area contributed by atoms with Crippen molar-refractivity contribution in [3.63, 3.8) is 0 Å². The number of aromatic nitrogens is 5. The molecular weight excluding hydrogens is 485 g/mol. The molecule has 1 aromatic carbocycles. The van der Waals surface area contributed by atoms with Crippen LogP contribution in [0.4, 0.5) is 16.0 Å². The first-order valence-electron chi connectivity index (χ1n) is 12.4. The number of hydrogen-bond donors (Lipinski definition) is 2. The van der Waals surface area contributed by atoms with Gasteiger partial charge in [0.1, 0.15) is 17.8 Å². The molecule has 3 aromatic heterocycles. The lowest BCUT2D eigenvalue weighted by molar-refractivity contribution is 0.0895. The van der Waals surface area contributed by atoms with E-state index in [0.717, 1.165) is 16.7 Å². The molecule has 198 valence electrons. The highest BCUT2D eigenvalue weighted by Crippen LogP contribution is 2.29. The summed E-state index contributed by atoms with van der Waals surface area (Å²) < 4.78 is 20.5. The molecule has 10 heteroatoms. The third-order valence-electron chi connectivity index (χ3n) is 6.14. The number of aryl methyl sites for hydroxylation is 1. The summed E-state index contributed by atoms with van der Waals surface area (Å²) >= 11 is 0. The van der Waals surface area contributed by atoms with Crippen LogP contribution in [0.2, 0.25) is 0 Å².